The third kappa shape index (κ3) is 5.21. The maximum atomic E-state index is 11.9. The number of hydrogen-bond acceptors (Lipinski definition) is 1. The third-order valence-corrected chi connectivity index (χ3v) is 3.64. The number of carbonyl (C=O) groups excluding carboxylic acids is 1. The standard InChI is InChI=1S/C17H19ClN2O/c1-13(15-5-3-2-4-6-15)19-12-17(21)20-11-14-7-9-16(18)10-8-14/h2-10,13,19H,11-12H2,1H3,(H,20,21)/p+1/t13-/m0/s1. The monoisotopic (exact) mass is 303 g/mol. The smallest absolute Gasteiger partial charge is 0.275 e. The summed E-state index contributed by atoms with van der Waals surface area (Å²) < 4.78 is 0. The number of carbonyl (C=O) groups is 1. The van der Waals surface area contributed by atoms with E-state index in [-0.39, 0.29) is 11.9 Å². The molecule has 0 spiro atoms. The van der Waals surface area contributed by atoms with Crippen LogP contribution in [0.2, 0.25) is 5.02 Å². The van der Waals surface area contributed by atoms with E-state index in [1.54, 1.807) is 0 Å². The molecular weight excluding hydrogens is 284 g/mol. The first-order valence-corrected chi connectivity index (χ1v) is 7.42. The SMILES string of the molecule is C[C@H]([NH2+]CC(=O)NCc1ccc(Cl)cc1)c1ccccc1. The number of rotatable bonds is 6. The van der Waals surface area contributed by atoms with Crippen LogP contribution in [0.25, 0.3) is 0 Å². The first-order chi connectivity index (χ1) is 10.1. The number of hydrogen-bond donors (Lipinski definition) is 2. The van der Waals surface area contributed by atoms with Crippen molar-refractivity contribution in [2.45, 2.75) is 19.5 Å². The lowest BCUT2D eigenvalue weighted by molar-refractivity contribution is -0.682. The van der Waals surface area contributed by atoms with Crippen LogP contribution in [0, 0.1) is 0 Å². The number of halogens is 1. The highest BCUT2D eigenvalue weighted by molar-refractivity contribution is 6.30. The predicted octanol–water partition coefficient (Wildman–Crippen LogP) is 2.28. The Kier molecular flexibility index (Phi) is 5.78. The summed E-state index contributed by atoms with van der Waals surface area (Å²) >= 11 is 5.82. The summed E-state index contributed by atoms with van der Waals surface area (Å²) in [6.07, 6.45) is 0. The molecular formula is C17H20ClN2O+. The van der Waals surface area contributed by atoms with Crippen molar-refractivity contribution >= 4 is 17.5 Å². The van der Waals surface area contributed by atoms with Gasteiger partial charge in [0.1, 0.15) is 6.04 Å². The fraction of sp³-hybridized carbons (Fsp3) is 0.235. The Morgan fingerprint density at radius 2 is 1.81 bits per heavy atom. The molecule has 4 heteroatoms. The van der Waals surface area contributed by atoms with Crippen molar-refractivity contribution in [3.05, 3.63) is 70.7 Å². The molecule has 21 heavy (non-hydrogen) atoms. The minimum Gasteiger partial charge on any atom is -0.347 e. The Labute approximate surface area is 130 Å². The van der Waals surface area contributed by atoms with E-state index in [0.29, 0.717) is 18.1 Å². The molecule has 3 N–H and O–H groups in total. The maximum absolute atomic E-state index is 11.9. The molecule has 2 aromatic carbocycles. The van der Waals surface area contributed by atoms with Crippen molar-refractivity contribution in [2.75, 3.05) is 6.54 Å². The molecule has 3 nitrogen and oxygen atoms in total. The van der Waals surface area contributed by atoms with Crippen LogP contribution in [0.3, 0.4) is 0 Å². The van der Waals surface area contributed by atoms with Gasteiger partial charge in [-0.3, -0.25) is 4.79 Å². The molecule has 0 aromatic heterocycles. The normalized spacial score (nSPS) is 11.9. The molecule has 0 aliphatic rings. The summed E-state index contributed by atoms with van der Waals surface area (Å²) in [5.74, 6) is 0.0349. The molecule has 1 atom stereocenters. The van der Waals surface area contributed by atoms with E-state index in [0.717, 1.165) is 5.56 Å². The van der Waals surface area contributed by atoms with Gasteiger partial charge in [0.2, 0.25) is 0 Å². The van der Waals surface area contributed by atoms with Crippen LogP contribution in [0.5, 0.6) is 0 Å². The zero-order valence-corrected chi connectivity index (χ0v) is 12.8. The van der Waals surface area contributed by atoms with Gasteiger partial charge in [0.15, 0.2) is 6.54 Å². The van der Waals surface area contributed by atoms with Gasteiger partial charge in [-0.1, -0.05) is 54.1 Å². The Morgan fingerprint density at radius 3 is 2.48 bits per heavy atom. The van der Waals surface area contributed by atoms with E-state index in [4.69, 9.17) is 11.6 Å². The minimum atomic E-state index is 0.0349. The number of quaternary nitrogens is 1. The average Bonchev–Trinajstić information content (AvgIpc) is 2.53. The Hall–Kier alpha value is -1.84. The van der Waals surface area contributed by atoms with Gasteiger partial charge in [0, 0.05) is 17.1 Å². The van der Waals surface area contributed by atoms with Gasteiger partial charge in [0.25, 0.3) is 5.91 Å². The van der Waals surface area contributed by atoms with E-state index in [9.17, 15) is 4.79 Å². The van der Waals surface area contributed by atoms with Crippen LogP contribution in [0.15, 0.2) is 54.6 Å². The van der Waals surface area contributed by atoms with E-state index in [2.05, 4.69) is 24.4 Å². The zero-order valence-electron chi connectivity index (χ0n) is 12.1. The van der Waals surface area contributed by atoms with Gasteiger partial charge in [-0.25, -0.2) is 0 Å². The molecule has 0 saturated carbocycles. The molecule has 0 unspecified atom stereocenters. The molecule has 0 bridgehead atoms. The molecule has 2 rings (SSSR count). The van der Waals surface area contributed by atoms with Crippen molar-refractivity contribution < 1.29 is 10.1 Å². The van der Waals surface area contributed by atoms with Crippen LogP contribution in [0.4, 0.5) is 0 Å². The summed E-state index contributed by atoms with van der Waals surface area (Å²) in [4.78, 5) is 11.9. The van der Waals surface area contributed by atoms with Crippen molar-refractivity contribution in [2.24, 2.45) is 0 Å². The summed E-state index contributed by atoms with van der Waals surface area (Å²) in [6.45, 7) is 3.05. The Morgan fingerprint density at radius 1 is 1.14 bits per heavy atom. The first-order valence-electron chi connectivity index (χ1n) is 7.04. The topological polar surface area (TPSA) is 45.7 Å². The molecule has 0 radical (unpaired) electrons. The van der Waals surface area contributed by atoms with E-state index in [1.165, 1.54) is 5.56 Å². The maximum Gasteiger partial charge on any atom is 0.275 e. The van der Waals surface area contributed by atoms with Gasteiger partial charge < -0.3 is 10.6 Å². The van der Waals surface area contributed by atoms with Crippen LogP contribution in [-0.2, 0) is 11.3 Å². The quantitative estimate of drug-likeness (QED) is 0.845. The Bertz CT molecular complexity index is 569. The highest BCUT2D eigenvalue weighted by atomic mass is 35.5. The van der Waals surface area contributed by atoms with Crippen molar-refractivity contribution in [1.29, 1.82) is 0 Å². The lowest BCUT2D eigenvalue weighted by Gasteiger charge is -2.11. The van der Waals surface area contributed by atoms with Crippen molar-refractivity contribution in [3.63, 3.8) is 0 Å². The molecule has 0 fully saturated rings. The molecule has 110 valence electrons. The van der Waals surface area contributed by atoms with Gasteiger partial charge >= 0.3 is 0 Å². The number of benzene rings is 2. The van der Waals surface area contributed by atoms with Crippen LogP contribution < -0.4 is 10.6 Å². The highest BCUT2D eigenvalue weighted by Crippen LogP contribution is 2.09. The van der Waals surface area contributed by atoms with Crippen molar-refractivity contribution in [3.8, 4) is 0 Å². The predicted molar refractivity (Wildman–Crippen MR) is 84.9 cm³/mol. The molecule has 0 saturated heterocycles. The van der Waals surface area contributed by atoms with Crippen molar-refractivity contribution in [1.82, 2.24) is 5.32 Å². The van der Waals surface area contributed by atoms with Crippen LogP contribution in [-0.4, -0.2) is 12.5 Å². The van der Waals surface area contributed by atoms with Crippen LogP contribution >= 0.6 is 11.6 Å². The summed E-state index contributed by atoms with van der Waals surface area (Å²) in [6, 6.07) is 17.9. The van der Waals surface area contributed by atoms with E-state index < -0.39 is 0 Å². The van der Waals surface area contributed by atoms with Gasteiger partial charge in [-0.15, -0.1) is 0 Å². The summed E-state index contributed by atoms with van der Waals surface area (Å²) in [5, 5.41) is 5.65. The molecule has 0 aliphatic heterocycles. The number of amides is 1. The summed E-state index contributed by atoms with van der Waals surface area (Å²) in [7, 11) is 0. The second kappa shape index (κ2) is 7.81. The van der Waals surface area contributed by atoms with Gasteiger partial charge in [0.05, 0.1) is 0 Å². The fourth-order valence-electron chi connectivity index (χ4n) is 2.05. The molecule has 0 aliphatic carbocycles. The van der Waals surface area contributed by atoms with Gasteiger partial charge in [-0.05, 0) is 24.6 Å². The zero-order chi connectivity index (χ0) is 15.1. The van der Waals surface area contributed by atoms with E-state index in [1.807, 2.05) is 47.8 Å². The minimum absolute atomic E-state index is 0.0349. The first kappa shape index (κ1) is 15.5. The third-order valence-electron chi connectivity index (χ3n) is 3.39. The second-order valence-corrected chi connectivity index (χ2v) is 5.48. The van der Waals surface area contributed by atoms with E-state index >= 15 is 0 Å². The lowest BCUT2D eigenvalue weighted by atomic mass is 10.1. The molecule has 2 aromatic rings. The number of nitrogens with two attached hydrogens (primary N) is 1. The largest absolute Gasteiger partial charge is 0.347 e. The second-order valence-electron chi connectivity index (χ2n) is 5.04. The van der Waals surface area contributed by atoms with Gasteiger partial charge in [-0.2, -0.15) is 0 Å². The molecule has 1 amide bonds. The Balaban J connectivity index is 1.73. The average molecular weight is 304 g/mol. The fourth-order valence-corrected chi connectivity index (χ4v) is 2.18. The molecule has 0 heterocycles. The summed E-state index contributed by atoms with van der Waals surface area (Å²) in [5.41, 5.74) is 2.27. The lowest BCUT2D eigenvalue weighted by Crippen LogP contribution is -2.87. The number of nitrogens with one attached hydrogen (secondary N) is 1. The van der Waals surface area contributed by atoms with Crippen LogP contribution in [0.1, 0.15) is 24.1 Å². The highest BCUT2D eigenvalue weighted by Gasteiger charge is 2.10.